The molecule has 2 nitrogen and oxygen atoms in total. The van der Waals surface area contributed by atoms with Gasteiger partial charge in [-0.15, -0.1) is 11.3 Å². The molecule has 0 radical (unpaired) electrons. The van der Waals surface area contributed by atoms with E-state index >= 15 is 0 Å². The lowest BCUT2D eigenvalue weighted by atomic mass is 10.1. The molecule has 0 N–H and O–H groups in total. The van der Waals surface area contributed by atoms with Crippen LogP contribution in [0, 0.1) is 0 Å². The fraction of sp³-hybridized carbons (Fsp3) is 0.167. The zero-order valence-corrected chi connectivity index (χ0v) is 12.9. The van der Waals surface area contributed by atoms with Gasteiger partial charge in [-0.2, -0.15) is 0 Å². The highest BCUT2D eigenvalue weighted by molar-refractivity contribution is 7.13. The van der Waals surface area contributed by atoms with Crippen LogP contribution in [0.3, 0.4) is 0 Å². The zero-order valence-electron chi connectivity index (χ0n) is 12.1. The Morgan fingerprint density at radius 1 is 0.952 bits per heavy atom. The maximum absolute atomic E-state index is 5.88. The number of pyridine rings is 1. The number of benzene rings is 1. The zero-order chi connectivity index (χ0) is 14.7. The Hall–Kier alpha value is -2.13. The number of thiophene rings is 1. The molecule has 0 bridgehead atoms. The van der Waals surface area contributed by atoms with Crippen LogP contribution in [-0.4, -0.2) is 11.1 Å². The molecule has 0 saturated heterocycles. The summed E-state index contributed by atoms with van der Waals surface area (Å²) in [6.45, 7) is 4.07. The highest BCUT2D eigenvalue weighted by Gasteiger charge is 2.09. The first-order valence-electron chi connectivity index (χ1n) is 7.00. The van der Waals surface area contributed by atoms with Gasteiger partial charge >= 0.3 is 0 Å². The second-order valence-electron chi connectivity index (χ2n) is 5.08. The van der Waals surface area contributed by atoms with Gasteiger partial charge in [-0.05, 0) is 25.3 Å². The molecule has 3 heteroatoms. The molecule has 0 saturated carbocycles. The summed E-state index contributed by atoms with van der Waals surface area (Å²) in [6.07, 6.45) is 0.146. The smallest absolute Gasteiger partial charge is 0.124 e. The van der Waals surface area contributed by atoms with Gasteiger partial charge in [0.1, 0.15) is 5.75 Å². The van der Waals surface area contributed by atoms with Crippen molar-refractivity contribution in [3.63, 3.8) is 0 Å². The van der Waals surface area contributed by atoms with Crippen LogP contribution in [0.25, 0.3) is 21.8 Å². The van der Waals surface area contributed by atoms with Crippen LogP contribution < -0.4 is 4.74 Å². The predicted molar refractivity (Wildman–Crippen MR) is 88.8 cm³/mol. The van der Waals surface area contributed by atoms with E-state index in [1.165, 1.54) is 0 Å². The quantitative estimate of drug-likeness (QED) is 0.654. The van der Waals surface area contributed by atoms with E-state index < -0.39 is 0 Å². The molecule has 0 atom stereocenters. The van der Waals surface area contributed by atoms with Crippen LogP contribution >= 0.6 is 11.3 Å². The van der Waals surface area contributed by atoms with Crippen LogP contribution in [0.1, 0.15) is 13.8 Å². The minimum Gasteiger partial charge on any atom is -0.491 e. The summed E-state index contributed by atoms with van der Waals surface area (Å²) in [5, 5.41) is 2.06. The highest BCUT2D eigenvalue weighted by atomic mass is 32.1. The molecular formula is C18H17NOS. The van der Waals surface area contributed by atoms with E-state index in [0.717, 1.165) is 27.6 Å². The molecule has 21 heavy (non-hydrogen) atoms. The molecule has 0 aliphatic carbocycles. The van der Waals surface area contributed by atoms with Gasteiger partial charge in [0.05, 0.1) is 22.4 Å². The van der Waals surface area contributed by atoms with Gasteiger partial charge in [-0.1, -0.05) is 36.4 Å². The van der Waals surface area contributed by atoms with Gasteiger partial charge in [0.25, 0.3) is 0 Å². The van der Waals surface area contributed by atoms with Crippen LogP contribution in [0.15, 0.2) is 60.0 Å². The first kappa shape index (κ1) is 13.8. The van der Waals surface area contributed by atoms with Gasteiger partial charge in [0.2, 0.25) is 0 Å². The molecule has 2 aromatic heterocycles. The third kappa shape index (κ3) is 3.31. The summed E-state index contributed by atoms with van der Waals surface area (Å²) in [5.41, 5.74) is 3.00. The second kappa shape index (κ2) is 6.10. The van der Waals surface area contributed by atoms with Crippen molar-refractivity contribution >= 4 is 11.3 Å². The van der Waals surface area contributed by atoms with Crippen molar-refractivity contribution in [2.24, 2.45) is 0 Å². The average Bonchev–Trinajstić information content (AvgIpc) is 3.01. The fourth-order valence-corrected chi connectivity index (χ4v) is 2.84. The first-order chi connectivity index (χ1) is 10.2. The van der Waals surface area contributed by atoms with Gasteiger partial charge in [0.15, 0.2) is 0 Å². The lowest BCUT2D eigenvalue weighted by Gasteiger charge is -2.12. The van der Waals surface area contributed by atoms with Crippen molar-refractivity contribution in [1.29, 1.82) is 0 Å². The van der Waals surface area contributed by atoms with Gasteiger partial charge < -0.3 is 4.74 Å². The Morgan fingerprint density at radius 2 is 1.71 bits per heavy atom. The van der Waals surface area contributed by atoms with Crippen molar-refractivity contribution in [2.45, 2.75) is 20.0 Å². The van der Waals surface area contributed by atoms with E-state index in [4.69, 9.17) is 9.72 Å². The Kier molecular flexibility index (Phi) is 4.02. The monoisotopic (exact) mass is 295 g/mol. The van der Waals surface area contributed by atoms with Gasteiger partial charge in [-0.3, -0.25) is 0 Å². The molecule has 106 valence electrons. The minimum absolute atomic E-state index is 0.146. The summed E-state index contributed by atoms with van der Waals surface area (Å²) in [6, 6.07) is 18.3. The molecule has 0 fully saturated rings. The topological polar surface area (TPSA) is 22.1 Å². The predicted octanol–water partition coefficient (Wildman–Crippen LogP) is 5.26. The number of ether oxygens (including phenoxy) is 1. The van der Waals surface area contributed by atoms with E-state index in [2.05, 4.69) is 23.6 Å². The number of aromatic nitrogens is 1. The highest BCUT2D eigenvalue weighted by Crippen LogP contribution is 2.30. The van der Waals surface area contributed by atoms with E-state index in [-0.39, 0.29) is 6.10 Å². The van der Waals surface area contributed by atoms with E-state index in [1.807, 2.05) is 50.2 Å². The second-order valence-corrected chi connectivity index (χ2v) is 6.03. The van der Waals surface area contributed by atoms with Crippen molar-refractivity contribution in [1.82, 2.24) is 4.98 Å². The van der Waals surface area contributed by atoms with E-state index in [0.29, 0.717) is 0 Å². The Morgan fingerprint density at radius 3 is 2.38 bits per heavy atom. The summed E-state index contributed by atoms with van der Waals surface area (Å²) >= 11 is 1.69. The van der Waals surface area contributed by atoms with Gasteiger partial charge in [0, 0.05) is 17.7 Å². The lowest BCUT2D eigenvalue weighted by Crippen LogP contribution is -2.06. The normalized spacial score (nSPS) is 10.8. The molecule has 0 unspecified atom stereocenters. The maximum Gasteiger partial charge on any atom is 0.124 e. The molecule has 0 spiro atoms. The van der Waals surface area contributed by atoms with E-state index in [9.17, 15) is 0 Å². The molecule has 0 aliphatic heterocycles. The van der Waals surface area contributed by atoms with Crippen LogP contribution in [0.2, 0.25) is 0 Å². The van der Waals surface area contributed by atoms with Crippen molar-refractivity contribution < 1.29 is 4.74 Å². The minimum atomic E-state index is 0.146. The summed E-state index contributed by atoms with van der Waals surface area (Å²) < 4.78 is 5.88. The summed E-state index contributed by atoms with van der Waals surface area (Å²) in [7, 11) is 0. The standard InChI is InChI=1S/C18H17NOS/c1-13(2)20-15-11-16(14-7-4-3-5-8-14)19-17(12-15)18-9-6-10-21-18/h3-13H,1-2H3. The molecule has 3 rings (SSSR count). The van der Waals surface area contributed by atoms with Crippen LogP contribution in [-0.2, 0) is 0 Å². The van der Waals surface area contributed by atoms with Crippen LogP contribution in [0.4, 0.5) is 0 Å². The first-order valence-corrected chi connectivity index (χ1v) is 7.88. The number of hydrogen-bond acceptors (Lipinski definition) is 3. The molecule has 0 amide bonds. The van der Waals surface area contributed by atoms with Gasteiger partial charge in [-0.25, -0.2) is 4.98 Å². The molecule has 3 aromatic rings. The van der Waals surface area contributed by atoms with Crippen molar-refractivity contribution in [3.8, 4) is 27.6 Å². The van der Waals surface area contributed by atoms with Crippen molar-refractivity contribution in [3.05, 3.63) is 60.0 Å². The fourth-order valence-electron chi connectivity index (χ4n) is 2.15. The summed E-state index contributed by atoms with van der Waals surface area (Å²) in [4.78, 5) is 5.94. The Bertz CT molecular complexity index is 705. The lowest BCUT2D eigenvalue weighted by molar-refractivity contribution is 0.242. The number of rotatable bonds is 4. The average molecular weight is 295 g/mol. The third-order valence-corrected chi connectivity index (χ3v) is 3.91. The Balaban J connectivity index is 2.09. The molecule has 0 aliphatic rings. The van der Waals surface area contributed by atoms with E-state index in [1.54, 1.807) is 11.3 Å². The number of nitrogens with zero attached hydrogens (tertiary/aromatic N) is 1. The summed E-state index contributed by atoms with van der Waals surface area (Å²) in [5.74, 6) is 0.863. The number of hydrogen-bond donors (Lipinski definition) is 0. The third-order valence-electron chi connectivity index (χ3n) is 3.01. The SMILES string of the molecule is CC(C)Oc1cc(-c2ccccc2)nc(-c2cccs2)c1. The molecule has 2 heterocycles. The molecular weight excluding hydrogens is 278 g/mol. The molecule has 1 aromatic carbocycles. The van der Waals surface area contributed by atoms with Crippen molar-refractivity contribution in [2.75, 3.05) is 0 Å². The Labute approximate surface area is 129 Å². The van der Waals surface area contributed by atoms with Crippen LogP contribution in [0.5, 0.6) is 5.75 Å². The largest absolute Gasteiger partial charge is 0.491 e. The maximum atomic E-state index is 5.88.